The molecule has 4 nitrogen and oxygen atoms in total. The van der Waals surface area contributed by atoms with E-state index in [2.05, 4.69) is 28.7 Å². The number of rotatable bonds is 5. The summed E-state index contributed by atoms with van der Waals surface area (Å²) in [5.74, 6) is 1.28. The molecule has 90 valence electrons. The van der Waals surface area contributed by atoms with Crippen molar-refractivity contribution in [1.29, 1.82) is 0 Å². The van der Waals surface area contributed by atoms with E-state index in [0.717, 1.165) is 18.7 Å². The van der Waals surface area contributed by atoms with Crippen molar-refractivity contribution in [2.24, 2.45) is 0 Å². The fourth-order valence-corrected chi connectivity index (χ4v) is 1.80. The first-order valence-corrected chi connectivity index (χ1v) is 5.76. The highest BCUT2D eigenvalue weighted by molar-refractivity contribution is 6.31. The summed E-state index contributed by atoms with van der Waals surface area (Å²) in [6.07, 6.45) is 3.68. The SMILES string of the molecule is CCCC(C)N(C)c1ncnc(Cl)c1OC. The van der Waals surface area contributed by atoms with Crippen molar-refractivity contribution in [2.75, 3.05) is 19.1 Å². The number of halogens is 1. The van der Waals surface area contributed by atoms with E-state index in [0.29, 0.717) is 16.9 Å². The molecule has 16 heavy (non-hydrogen) atoms. The molecule has 0 radical (unpaired) electrons. The maximum absolute atomic E-state index is 5.95. The van der Waals surface area contributed by atoms with E-state index in [1.807, 2.05) is 7.05 Å². The highest BCUT2D eigenvalue weighted by Gasteiger charge is 2.17. The van der Waals surface area contributed by atoms with Gasteiger partial charge in [0.25, 0.3) is 0 Å². The Morgan fingerprint density at radius 1 is 1.50 bits per heavy atom. The predicted octanol–water partition coefficient (Wildman–Crippen LogP) is 2.76. The first kappa shape index (κ1) is 13.0. The molecular formula is C11H18ClN3O. The first-order chi connectivity index (χ1) is 7.61. The van der Waals surface area contributed by atoms with Gasteiger partial charge in [-0.1, -0.05) is 24.9 Å². The minimum Gasteiger partial charge on any atom is -0.490 e. The van der Waals surface area contributed by atoms with Gasteiger partial charge in [-0.05, 0) is 13.3 Å². The Labute approximate surface area is 102 Å². The number of ether oxygens (including phenoxy) is 1. The molecule has 5 heteroatoms. The van der Waals surface area contributed by atoms with Gasteiger partial charge in [-0.25, -0.2) is 9.97 Å². The third-order valence-electron chi connectivity index (χ3n) is 2.65. The van der Waals surface area contributed by atoms with Gasteiger partial charge in [-0.3, -0.25) is 0 Å². The van der Waals surface area contributed by atoms with Crippen molar-refractivity contribution in [2.45, 2.75) is 32.7 Å². The summed E-state index contributed by atoms with van der Waals surface area (Å²) in [5, 5.41) is 0.350. The van der Waals surface area contributed by atoms with Crippen molar-refractivity contribution >= 4 is 17.4 Å². The normalized spacial score (nSPS) is 12.3. The molecule has 1 aromatic rings. The second-order valence-corrected chi connectivity index (χ2v) is 4.13. The monoisotopic (exact) mass is 243 g/mol. The van der Waals surface area contributed by atoms with Crippen LogP contribution in [0.3, 0.4) is 0 Å². The minimum atomic E-state index is 0.350. The Kier molecular flexibility index (Phi) is 4.80. The molecule has 0 N–H and O–H groups in total. The molecule has 0 bridgehead atoms. The van der Waals surface area contributed by atoms with Gasteiger partial charge < -0.3 is 9.64 Å². The van der Waals surface area contributed by atoms with E-state index in [4.69, 9.17) is 16.3 Å². The number of hydrogen-bond donors (Lipinski definition) is 0. The van der Waals surface area contributed by atoms with E-state index in [-0.39, 0.29) is 0 Å². The largest absolute Gasteiger partial charge is 0.490 e. The molecule has 0 aromatic carbocycles. The van der Waals surface area contributed by atoms with Crippen LogP contribution in [-0.2, 0) is 0 Å². The van der Waals surface area contributed by atoms with Crippen molar-refractivity contribution in [3.05, 3.63) is 11.5 Å². The molecule has 1 atom stereocenters. The van der Waals surface area contributed by atoms with Gasteiger partial charge in [0.2, 0.25) is 0 Å². The molecule has 0 amide bonds. The smallest absolute Gasteiger partial charge is 0.199 e. The molecule has 1 unspecified atom stereocenters. The topological polar surface area (TPSA) is 38.2 Å². The van der Waals surface area contributed by atoms with Crippen molar-refractivity contribution in [3.63, 3.8) is 0 Å². The summed E-state index contributed by atoms with van der Waals surface area (Å²) in [6, 6.07) is 0.393. The third kappa shape index (κ3) is 2.76. The van der Waals surface area contributed by atoms with Crippen LogP contribution < -0.4 is 9.64 Å². The molecule has 0 saturated heterocycles. The summed E-state index contributed by atoms with van der Waals surface area (Å²) >= 11 is 5.95. The lowest BCUT2D eigenvalue weighted by atomic mass is 10.2. The third-order valence-corrected chi connectivity index (χ3v) is 2.92. The Balaban J connectivity index is 2.98. The van der Waals surface area contributed by atoms with Crippen LogP contribution >= 0.6 is 11.6 Å². The van der Waals surface area contributed by atoms with Crippen molar-refractivity contribution in [3.8, 4) is 5.75 Å². The fraction of sp³-hybridized carbons (Fsp3) is 0.636. The molecule has 1 heterocycles. The number of hydrogen-bond acceptors (Lipinski definition) is 4. The molecule has 0 aliphatic rings. The molecule has 0 fully saturated rings. The zero-order valence-electron chi connectivity index (χ0n) is 10.2. The standard InChI is InChI=1S/C11H18ClN3O/c1-5-6-8(2)15(3)11-9(16-4)10(12)13-7-14-11/h7-8H,5-6H2,1-4H3. The molecule has 0 aliphatic carbocycles. The van der Waals surface area contributed by atoms with Crippen molar-refractivity contribution in [1.82, 2.24) is 9.97 Å². The maximum Gasteiger partial charge on any atom is 0.199 e. The minimum absolute atomic E-state index is 0.350. The second-order valence-electron chi connectivity index (χ2n) is 3.77. The Bertz CT molecular complexity index is 346. The zero-order valence-corrected chi connectivity index (χ0v) is 11.0. The van der Waals surface area contributed by atoms with Crippen LogP contribution in [0.4, 0.5) is 5.82 Å². The average molecular weight is 244 g/mol. The molecule has 0 spiro atoms. The summed E-state index contributed by atoms with van der Waals surface area (Å²) in [6.45, 7) is 4.31. The van der Waals surface area contributed by atoms with Gasteiger partial charge in [-0.2, -0.15) is 0 Å². The van der Waals surface area contributed by atoms with Gasteiger partial charge in [-0.15, -0.1) is 0 Å². The second kappa shape index (κ2) is 5.89. The first-order valence-electron chi connectivity index (χ1n) is 5.39. The van der Waals surface area contributed by atoms with Crippen LogP contribution in [0.15, 0.2) is 6.33 Å². The van der Waals surface area contributed by atoms with E-state index in [1.54, 1.807) is 7.11 Å². The van der Waals surface area contributed by atoms with Gasteiger partial charge in [0, 0.05) is 13.1 Å². The van der Waals surface area contributed by atoms with Crippen LogP contribution in [0.2, 0.25) is 5.15 Å². The van der Waals surface area contributed by atoms with Crippen molar-refractivity contribution < 1.29 is 4.74 Å². The molecular weight excluding hydrogens is 226 g/mol. The molecule has 1 rings (SSSR count). The quantitative estimate of drug-likeness (QED) is 0.746. The van der Waals surface area contributed by atoms with Crippen LogP contribution in [0.5, 0.6) is 5.75 Å². The van der Waals surface area contributed by atoms with Crippen LogP contribution in [0.1, 0.15) is 26.7 Å². The Morgan fingerprint density at radius 2 is 2.19 bits per heavy atom. The summed E-state index contributed by atoms with van der Waals surface area (Å²) in [7, 11) is 3.56. The molecule has 0 aliphatic heterocycles. The van der Waals surface area contributed by atoms with Crippen LogP contribution in [0, 0.1) is 0 Å². The van der Waals surface area contributed by atoms with E-state index in [1.165, 1.54) is 6.33 Å². The van der Waals surface area contributed by atoms with Gasteiger partial charge in [0.1, 0.15) is 6.33 Å². The van der Waals surface area contributed by atoms with Crippen LogP contribution in [0.25, 0.3) is 0 Å². The lowest BCUT2D eigenvalue weighted by Gasteiger charge is -2.26. The van der Waals surface area contributed by atoms with E-state index >= 15 is 0 Å². The Morgan fingerprint density at radius 3 is 2.75 bits per heavy atom. The summed E-state index contributed by atoms with van der Waals surface area (Å²) in [4.78, 5) is 10.2. The van der Waals surface area contributed by atoms with Gasteiger partial charge in [0.05, 0.1) is 7.11 Å². The molecule has 0 saturated carbocycles. The maximum atomic E-state index is 5.95. The lowest BCUT2D eigenvalue weighted by molar-refractivity contribution is 0.409. The summed E-state index contributed by atoms with van der Waals surface area (Å²) in [5.41, 5.74) is 0. The van der Waals surface area contributed by atoms with E-state index in [9.17, 15) is 0 Å². The van der Waals surface area contributed by atoms with Crippen LogP contribution in [-0.4, -0.2) is 30.2 Å². The Hall–Kier alpha value is -1.03. The number of anilines is 1. The number of nitrogens with zero attached hydrogens (tertiary/aromatic N) is 3. The fourth-order valence-electron chi connectivity index (χ4n) is 1.59. The highest BCUT2D eigenvalue weighted by atomic mass is 35.5. The van der Waals surface area contributed by atoms with Gasteiger partial charge in [0.15, 0.2) is 16.7 Å². The zero-order chi connectivity index (χ0) is 12.1. The average Bonchev–Trinajstić information content (AvgIpc) is 2.28. The lowest BCUT2D eigenvalue weighted by Crippen LogP contribution is -2.29. The number of methoxy groups -OCH3 is 1. The number of aromatic nitrogens is 2. The van der Waals surface area contributed by atoms with Gasteiger partial charge >= 0.3 is 0 Å². The highest BCUT2D eigenvalue weighted by Crippen LogP contribution is 2.31. The molecule has 1 aromatic heterocycles. The van der Waals surface area contributed by atoms with E-state index < -0.39 is 0 Å². The summed E-state index contributed by atoms with van der Waals surface area (Å²) < 4.78 is 5.23. The predicted molar refractivity (Wildman–Crippen MR) is 66.4 cm³/mol.